The van der Waals surface area contributed by atoms with Crippen LogP contribution in [0.4, 0.5) is 0 Å². The van der Waals surface area contributed by atoms with Gasteiger partial charge in [-0.15, -0.1) is 0 Å². The minimum Gasteiger partial charge on any atom is -0.508 e. The Morgan fingerprint density at radius 3 is 2.19 bits per heavy atom. The van der Waals surface area contributed by atoms with Crippen LogP contribution < -0.4 is 4.74 Å². The number of fused-ring (bicyclic) bond motifs is 1. The molecule has 2 aromatic carbocycles. The van der Waals surface area contributed by atoms with Gasteiger partial charge in [0.2, 0.25) is 0 Å². The molecule has 2 aromatic rings. The number of rotatable bonds is 5. The minimum absolute atomic E-state index is 0.0147. The molecule has 3 unspecified atom stereocenters. The average Bonchev–Trinajstić information content (AvgIpc) is 2.67. The lowest BCUT2D eigenvalue weighted by molar-refractivity contribution is 0.0823. The molecule has 0 spiro atoms. The average molecular weight is 357 g/mol. The lowest BCUT2D eigenvalue weighted by Crippen LogP contribution is -2.30. The number of hydrogen-bond donors (Lipinski definition) is 2. The standard InChI is InChI=1S/C21H26O3.C2H6/c1-3-5-6-18-17(4-2)19-13-16(23)11-12-20(19)24-21(18)14-7-9-15(22)10-8-14;1-2/h7-13,17-18,21-23H,3-6H2,1-2H3;1-2H3. The molecule has 3 heteroatoms. The minimum atomic E-state index is -0.0147. The van der Waals surface area contributed by atoms with E-state index in [9.17, 15) is 10.2 Å². The van der Waals surface area contributed by atoms with Crippen LogP contribution in [0.1, 0.15) is 76.5 Å². The van der Waals surface area contributed by atoms with Crippen molar-refractivity contribution in [1.82, 2.24) is 0 Å². The summed E-state index contributed by atoms with van der Waals surface area (Å²) < 4.78 is 6.36. The van der Waals surface area contributed by atoms with Gasteiger partial charge in [-0.25, -0.2) is 0 Å². The number of phenolic OH excluding ortho intramolecular Hbond substituents is 2. The lowest BCUT2D eigenvalue weighted by atomic mass is 9.74. The van der Waals surface area contributed by atoms with E-state index in [4.69, 9.17) is 4.74 Å². The highest BCUT2D eigenvalue weighted by Crippen LogP contribution is 2.50. The Balaban J connectivity index is 0.00000117. The van der Waals surface area contributed by atoms with Crippen LogP contribution in [-0.2, 0) is 0 Å². The van der Waals surface area contributed by atoms with Gasteiger partial charge in [-0.2, -0.15) is 0 Å². The molecule has 0 radical (unpaired) electrons. The molecule has 0 saturated heterocycles. The number of benzene rings is 2. The second kappa shape index (κ2) is 9.51. The summed E-state index contributed by atoms with van der Waals surface area (Å²) in [6.45, 7) is 8.41. The molecular weight excluding hydrogens is 324 g/mol. The predicted molar refractivity (Wildman–Crippen MR) is 107 cm³/mol. The molecule has 3 rings (SSSR count). The zero-order chi connectivity index (χ0) is 19.1. The first kappa shape index (κ1) is 20.2. The third-order valence-corrected chi connectivity index (χ3v) is 5.10. The van der Waals surface area contributed by atoms with E-state index in [-0.39, 0.29) is 11.9 Å². The van der Waals surface area contributed by atoms with Crippen LogP contribution in [0, 0.1) is 5.92 Å². The molecule has 0 bridgehead atoms. The van der Waals surface area contributed by atoms with Crippen molar-refractivity contribution in [1.29, 1.82) is 0 Å². The van der Waals surface area contributed by atoms with Crippen molar-refractivity contribution in [3.8, 4) is 17.2 Å². The van der Waals surface area contributed by atoms with E-state index in [0.717, 1.165) is 42.6 Å². The van der Waals surface area contributed by atoms with Gasteiger partial charge in [-0.1, -0.05) is 52.7 Å². The number of unbranched alkanes of at least 4 members (excludes halogenated alkanes) is 1. The lowest BCUT2D eigenvalue weighted by Gasteiger charge is -2.40. The van der Waals surface area contributed by atoms with Crippen molar-refractivity contribution in [2.45, 2.75) is 65.4 Å². The smallest absolute Gasteiger partial charge is 0.127 e. The van der Waals surface area contributed by atoms with Crippen LogP contribution >= 0.6 is 0 Å². The molecule has 0 aromatic heterocycles. The topological polar surface area (TPSA) is 49.7 Å². The molecule has 0 amide bonds. The quantitative estimate of drug-likeness (QED) is 0.638. The summed E-state index contributed by atoms with van der Waals surface area (Å²) in [4.78, 5) is 0. The molecule has 142 valence electrons. The van der Waals surface area contributed by atoms with Crippen LogP contribution in [0.2, 0.25) is 0 Å². The number of aromatic hydroxyl groups is 2. The second-order valence-corrected chi connectivity index (χ2v) is 6.67. The van der Waals surface area contributed by atoms with Crippen molar-refractivity contribution in [2.24, 2.45) is 5.92 Å². The third-order valence-electron chi connectivity index (χ3n) is 5.10. The Kier molecular flexibility index (Phi) is 7.38. The molecule has 0 fully saturated rings. The summed E-state index contributed by atoms with van der Waals surface area (Å²) >= 11 is 0. The third kappa shape index (κ3) is 4.32. The van der Waals surface area contributed by atoms with Gasteiger partial charge in [0.1, 0.15) is 23.4 Å². The van der Waals surface area contributed by atoms with Gasteiger partial charge in [0.05, 0.1) is 0 Å². The maximum Gasteiger partial charge on any atom is 0.127 e. The van der Waals surface area contributed by atoms with Crippen LogP contribution in [0.3, 0.4) is 0 Å². The normalized spacial score (nSPS) is 21.2. The second-order valence-electron chi connectivity index (χ2n) is 6.67. The first-order valence-corrected chi connectivity index (χ1v) is 9.92. The van der Waals surface area contributed by atoms with Crippen LogP contribution in [0.5, 0.6) is 17.2 Å². The van der Waals surface area contributed by atoms with Gasteiger partial charge >= 0.3 is 0 Å². The van der Waals surface area contributed by atoms with Gasteiger partial charge in [0.15, 0.2) is 0 Å². The molecule has 1 aliphatic heterocycles. The summed E-state index contributed by atoms with van der Waals surface area (Å²) in [5.41, 5.74) is 2.22. The van der Waals surface area contributed by atoms with Crippen molar-refractivity contribution in [3.05, 3.63) is 53.6 Å². The molecular formula is C23H32O3. The summed E-state index contributed by atoms with van der Waals surface area (Å²) in [6.07, 6.45) is 4.41. The molecule has 1 aliphatic rings. The van der Waals surface area contributed by atoms with Crippen molar-refractivity contribution < 1.29 is 14.9 Å². The summed E-state index contributed by atoms with van der Waals surface area (Å²) in [7, 11) is 0. The van der Waals surface area contributed by atoms with Gasteiger partial charge in [-0.05, 0) is 54.7 Å². The van der Waals surface area contributed by atoms with Crippen LogP contribution in [0.15, 0.2) is 42.5 Å². The first-order valence-electron chi connectivity index (χ1n) is 9.92. The molecule has 3 nitrogen and oxygen atoms in total. The highest BCUT2D eigenvalue weighted by atomic mass is 16.5. The highest BCUT2D eigenvalue weighted by Gasteiger charge is 2.37. The maximum atomic E-state index is 9.89. The largest absolute Gasteiger partial charge is 0.508 e. The Hall–Kier alpha value is -2.16. The Labute approximate surface area is 157 Å². The fraction of sp³-hybridized carbons (Fsp3) is 0.478. The van der Waals surface area contributed by atoms with Crippen molar-refractivity contribution >= 4 is 0 Å². The Morgan fingerprint density at radius 2 is 1.58 bits per heavy atom. The highest BCUT2D eigenvalue weighted by molar-refractivity contribution is 5.45. The van der Waals surface area contributed by atoms with Gasteiger partial charge in [0, 0.05) is 11.5 Å². The number of hydrogen-bond acceptors (Lipinski definition) is 3. The monoisotopic (exact) mass is 356 g/mol. The summed E-state index contributed by atoms with van der Waals surface area (Å²) in [5.74, 6) is 2.18. The number of phenols is 2. The van der Waals surface area contributed by atoms with Gasteiger partial charge < -0.3 is 14.9 Å². The number of ether oxygens (including phenoxy) is 1. The fourth-order valence-corrected chi connectivity index (χ4v) is 3.89. The van der Waals surface area contributed by atoms with Gasteiger partial charge in [0.25, 0.3) is 0 Å². The zero-order valence-electron chi connectivity index (χ0n) is 16.4. The van der Waals surface area contributed by atoms with Crippen molar-refractivity contribution in [3.63, 3.8) is 0 Å². The van der Waals surface area contributed by atoms with E-state index < -0.39 is 0 Å². The van der Waals surface area contributed by atoms with E-state index in [1.807, 2.05) is 38.1 Å². The molecule has 26 heavy (non-hydrogen) atoms. The predicted octanol–water partition coefficient (Wildman–Crippen LogP) is 6.56. The zero-order valence-corrected chi connectivity index (χ0v) is 16.4. The summed E-state index contributed by atoms with van der Waals surface area (Å²) in [5, 5.41) is 19.5. The fourth-order valence-electron chi connectivity index (χ4n) is 3.89. The van der Waals surface area contributed by atoms with Gasteiger partial charge in [-0.3, -0.25) is 0 Å². The van der Waals surface area contributed by atoms with Crippen molar-refractivity contribution in [2.75, 3.05) is 0 Å². The molecule has 3 atom stereocenters. The van der Waals surface area contributed by atoms with E-state index in [1.54, 1.807) is 18.2 Å². The summed E-state index contributed by atoms with van der Waals surface area (Å²) in [6, 6.07) is 12.8. The molecule has 0 aliphatic carbocycles. The Morgan fingerprint density at radius 1 is 0.923 bits per heavy atom. The van der Waals surface area contributed by atoms with Crippen LogP contribution in [0.25, 0.3) is 0 Å². The maximum absolute atomic E-state index is 9.89. The van der Waals surface area contributed by atoms with E-state index >= 15 is 0 Å². The molecule has 2 N–H and O–H groups in total. The first-order chi connectivity index (χ1) is 12.6. The van der Waals surface area contributed by atoms with E-state index in [1.165, 1.54) is 0 Å². The Bertz CT molecular complexity index is 678. The van der Waals surface area contributed by atoms with Crippen LogP contribution in [-0.4, -0.2) is 10.2 Å². The van der Waals surface area contributed by atoms with E-state index in [2.05, 4.69) is 13.8 Å². The van der Waals surface area contributed by atoms with E-state index in [0.29, 0.717) is 17.6 Å². The molecule has 1 heterocycles. The SMILES string of the molecule is CC.CCCCC1C(CC)c2cc(O)ccc2OC1c1ccc(O)cc1. The molecule has 0 saturated carbocycles.